The first-order valence-corrected chi connectivity index (χ1v) is 8.53. The van der Waals surface area contributed by atoms with Crippen molar-refractivity contribution in [3.8, 4) is 0 Å². The number of anilines is 1. The number of phosphoric ester groups is 1. The largest absolute Gasteiger partial charge is 0.469 e. The number of rotatable bonds is 5. The summed E-state index contributed by atoms with van der Waals surface area (Å²) in [6, 6.07) is 0. The number of methoxy groups -OCH3 is 1. The number of aromatic nitrogens is 4. The smallest absolute Gasteiger partial charge is 0.386 e. The van der Waals surface area contributed by atoms with Crippen LogP contribution in [0.25, 0.3) is 11.2 Å². The highest BCUT2D eigenvalue weighted by atomic mass is 31.2. The average Bonchev–Trinajstić information content (AvgIpc) is 3.05. The quantitative estimate of drug-likeness (QED) is 0.364. The van der Waals surface area contributed by atoms with Crippen LogP contribution in [0.4, 0.5) is 5.95 Å². The van der Waals surface area contributed by atoms with Crippen molar-refractivity contribution in [1.82, 2.24) is 19.5 Å². The number of hydrogen-bond acceptors (Lipinski definition) is 9. The molecule has 2 aromatic heterocycles. The SMILES string of the molecule is CO[C@@H]1C(O)[C@@H](n2cnc3c(=O)[nH]c(N)nc32)O[C@H]1COP(=O)(O)O. The van der Waals surface area contributed by atoms with Crippen molar-refractivity contribution in [2.45, 2.75) is 24.5 Å². The first-order chi connectivity index (χ1) is 11.7. The van der Waals surface area contributed by atoms with E-state index in [0.29, 0.717) is 0 Å². The molecule has 3 heterocycles. The molecule has 1 saturated heterocycles. The third-order valence-electron chi connectivity index (χ3n) is 3.71. The zero-order valence-electron chi connectivity index (χ0n) is 12.8. The second-order valence-electron chi connectivity index (χ2n) is 5.32. The molecule has 0 saturated carbocycles. The minimum atomic E-state index is -4.72. The van der Waals surface area contributed by atoms with Gasteiger partial charge in [0.05, 0.1) is 12.9 Å². The van der Waals surface area contributed by atoms with E-state index < -0.39 is 44.5 Å². The lowest BCUT2D eigenvalue weighted by Gasteiger charge is -2.18. The number of nitrogens with one attached hydrogen (secondary N) is 1. The van der Waals surface area contributed by atoms with Gasteiger partial charge in [-0.1, -0.05) is 0 Å². The predicted octanol–water partition coefficient (Wildman–Crippen LogP) is -1.92. The number of nitrogens with two attached hydrogens (primary N) is 1. The first kappa shape index (κ1) is 17.9. The minimum absolute atomic E-state index is 0.00566. The second-order valence-corrected chi connectivity index (χ2v) is 6.56. The zero-order valence-corrected chi connectivity index (χ0v) is 13.7. The molecule has 1 unspecified atom stereocenters. The van der Waals surface area contributed by atoms with Crippen molar-refractivity contribution >= 4 is 24.9 Å². The van der Waals surface area contributed by atoms with E-state index in [1.807, 2.05) is 0 Å². The predicted molar refractivity (Wildman–Crippen MR) is 81.3 cm³/mol. The van der Waals surface area contributed by atoms with Gasteiger partial charge in [-0.05, 0) is 0 Å². The van der Waals surface area contributed by atoms with Crippen molar-refractivity contribution in [3.05, 3.63) is 16.7 Å². The molecule has 6 N–H and O–H groups in total. The summed E-state index contributed by atoms with van der Waals surface area (Å²) in [6.45, 7) is -0.515. The number of aliphatic hydroxyl groups excluding tert-OH is 1. The Bertz CT molecular complexity index is 877. The summed E-state index contributed by atoms with van der Waals surface area (Å²) in [5, 5.41) is 10.4. The van der Waals surface area contributed by atoms with Gasteiger partial charge in [-0.15, -0.1) is 0 Å². The lowest BCUT2D eigenvalue weighted by Crippen LogP contribution is -2.35. The summed E-state index contributed by atoms with van der Waals surface area (Å²) >= 11 is 0. The van der Waals surface area contributed by atoms with Crippen molar-refractivity contribution in [2.24, 2.45) is 0 Å². The Kier molecular flexibility index (Phi) is 4.64. The second kappa shape index (κ2) is 6.46. The summed E-state index contributed by atoms with van der Waals surface area (Å²) in [5.74, 6) is -0.142. The maximum Gasteiger partial charge on any atom is 0.469 e. The van der Waals surface area contributed by atoms with Gasteiger partial charge >= 0.3 is 7.82 Å². The van der Waals surface area contributed by atoms with Crippen LogP contribution in [0, 0.1) is 0 Å². The van der Waals surface area contributed by atoms with E-state index in [2.05, 4.69) is 19.5 Å². The molecule has 4 atom stereocenters. The number of aromatic amines is 1. The summed E-state index contributed by atoms with van der Waals surface area (Å²) < 4.78 is 27.3. The molecule has 138 valence electrons. The third kappa shape index (κ3) is 3.43. The molecule has 2 aromatic rings. The summed E-state index contributed by atoms with van der Waals surface area (Å²) in [7, 11) is -3.41. The number of phosphoric acid groups is 1. The molecule has 0 aromatic carbocycles. The lowest BCUT2D eigenvalue weighted by atomic mass is 10.1. The summed E-state index contributed by atoms with van der Waals surface area (Å²) in [4.78, 5) is 39.6. The number of imidazole rings is 1. The topological polar surface area (TPSA) is 195 Å². The maximum absolute atomic E-state index is 11.8. The van der Waals surface area contributed by atoms with Gasteiger partial charge in [0.1, 0.15) is 18.3 Å². The van der Waals surface area contributed by atoms with Gasteiger partial charge in [-0.2, -0.15) is 4.98 Å². The van der Waals surface area contributed by atoms with Gasteiger partial charge in [-0.25, -0.2) is 9.55 Å². The van der Waals surface area contributed by atoms with E-state index in [1.165, 1.54) is 18.0 Å². The highest BCUT2D eigenvalue weighted by molar-refractivity contribution is 7.46. The molecule has 1 fully saturated rings. The highest BCUT2D eigenvalue weighted by Gasteiger charge is 2.46. The monoisotopic (exact) mass is 377 g/mol. The van der Waals surface area contributed by atoms with Gasteiger partial charge < -0.3 is 30.1 Å². The Labute approximate surface area is 139 Å². The molecule has 13 nitrogen and oxygen atoms in total. The van der Waals surface area contributed by atoms with Crippen LogP contribution in [0.15, 0.2) is 11.1 Å². The van der Waals surface area contributed by atoms with E-state index in [1.54, 1.807) is 0 Å². The van der Waals surface area contributed by atoms with E-state index in [4.69, 9.17) is 25.0 Å². The standard InChI is InChI=1S/C11H16N5O8P/c1-22-7-4(2-23-25(19,20)21)24-10(6(7)17)16-3-13-5-8(16)14-11(12)15-9(5)18/h3-4,6-7,10,17H,2H2,1H3,(H2,19,20,21)(H3,12,14,15,18)/t4-,6?,7-,10-/m0/s1. The number of aliphatic hydroxyl groups is 1. The van der Waals surface area contributed by atoms with Crippen molar-refractivity contribution in [2.75, 3.05) is 19.5 Å². The molecule has 14 heteroatoms. The Hall–Kier alpha value is -1.86. The first-order valence-electron chi connectivity index (χ1n) is 7.00. The van der Waals surface area contributed by atoms with E-state index in [0.717, 1.165) is 0 Å². The fourth-order valence-electron chi connectivity index (χ4n) is 2.67. The summed E-state index contributed by atoms with van der Waals surface area (Å²) in [6.07, 6.45) is -2.99. The Morgan fingerprint density at radius 1 is 1.52 bits per heavy atom. The van der Waals surface area contributed by atoms with Gasteiger partial charge in [0.15, 0.2) is 17.4 Å². The van der Waals surface area contributed by atoms with Gasteiger partial charge in [-0.3, -0.25) is 18.9 Å². The van der Waals surface area contributed by atoms with Crippen molar-refractivity contribution in [1.29, 1.82) is 0 Å². The molecule has 0 radical (unpaired) electrons. The van der Waals surface area contributed by atoms with Gasteiger partial charge in [0, 0.05) is 7.11 Å². The van der Waals surface area contributed by atoms with Gasteiger partial charge in [0.25, 0.3) is 5.56 Å². The van der Waals surface area contributed by atoms with Gasteiger partial charge in [0.2, 0.25) is 5.95 Å². The molecule has 1 aliphatic rings. The van der Waals surface area contributed by atoms with E-state index >= 15 is 0 Å². The lowest BCUT2D eigenvalue weighted by molar-refractivity contribution is -0.0527. The van der Waals surface area contributed by atoms with Crippen LogP contribution in [0.1, 0.15) is 6.23 Å². The third-order valence-corrected chi connectivity index (χ3v) is 4.20. The molecule has 3 rings (SSSR count). The molecule has 1 aliphatic heterocycles. The number of ether oxygens (including phenoxy) is 2. The van der Waals surface area contributed by atoms with Crippen molar-refractivity contribution < 1.29 is 33.5 Å². The Balaban J connectivity index is 1.93. The van der Waals surface area contributed by atoms with Crippen LogP contribution < -0.4 is 11.3 Å². The fourth-order valence-corrected chi connectivity index (χ4v) is 3.02. The van der Waals surface area contributed by atoms with Crippen LogP contribution in [0.5, 0.6) is 0 Å². The van der Waals surface area contributed by atoms with E-state index in [-0.39, 0.29) is 17.1 Å². The molecule has 0 bridgehead atoms. The molecule has 0 spiro atoms. The molecule has 0 amide bonds. The minimum Gasteiger partial charge on any atom is -0.386 e. The number of nitrogens with zero attached hydrogens (tertiary/aromatic N) is 3. The van der Waals surface area contributed by atoms with Crippen LogP contribution in [-0.2, 0) is 18.6 Å². The molecular weight excluding hydrogens is 361 g/mol. The van der Waals surface area contributed by atoms with Crippen molar-refractivity contribution in [3.63, 3.8) is 0 Å². The van der Waals surface area contributed by atoms with Crippen LogP contribution >= 0.6 is 7.82 Å². The normalized spacial score (nSPS) is 27.2. The van der Waals surface area contributed by atoms with Crippen LogP contribution in [-0.4, -0.2) is 66.4 Å². The number of H-pyrrole nitrogens is 1. The number of fused-ring (bicyclic) bond motifs is 1. The number of nitrogen functional groups attached to an aromatic ring is 1. The highest BCUT2D eigenvalue weighted by Crippen LogP contribution is 2.39. The summed E-state index contributed by atoms with van der Waals surface area (Å²) in [5.41, 5.74) is 5.04. The Morgan fingerprint density at radius 2 is 2.24 bits per heavy atom. The molecular formula is C11H16N5O8P. The number of hydrogen-bond donors (Lipinski definition) is 5. The molecule has 25 heavy (non-hydrogen) atoms. The zero-order chi connectivity index (χ0) is 18.4. The van der Waals surface area contributed by atoms with Crippen LogP contribution in [0.2, 0.25) is 0 Å². The average molecular weight is 377 g/mol. The molecule has 0 aliphatic carbocycles. The Morgan fingerprint density at radius 3 is 2.88 bits per heavy atom. The van der Waals surface area contributed by atoms with Crippen LogP contribution in [0.3, 0.4) is 0 Å². The fraction of sp³-hybridized carbons (Fsp3) is 0.545. The maximum atomic E-state index is 11.8. The van der Waals surface area contributed by atoms with E-state index in [9.17, 15) is 14.5 Å².